The van der Waals surface area contributed by atoms with Gasteiger partial charge in [0.15, 0.2) is 0 Å². The highest BCUT2D eigenvalue weighted by molar-refractivity contribution is 5.94. The highest BCUT2D eigenvalue weighted by atomic mass is 35.5. The van der Waals surface area contributed by atoms with Gasteiger partial charge in [0.2, 0.25) is 5.91 Å². The Bertz CT molecular complexity index is 541. The number of halogens is 1. The number of aryl methyl sites for hydroxylation is 1. The molecule has 0 saturated heterocycles. The molecule has 0 bridgehead atoms. The third kappa shape index (κ3) is 4.08. The van der Waals surface area contributed by atoms with Gasteiger partial charge < -0.3 is 11.1 Å². The first kappa shape index (κ1) is 16.2. The van der Waals surface area contributed by atoms with E-state index in [0.717, 1.165) is 5.56 Å². The van der Waals surface area contributed by atoms with Gasteiger partial charge in [0.25, 0.3) is 0 Å². The maximum absolute atomic E-state index is 12.0. The fraction of sp³-hybridized carbons (Fsp3) is 0.286. The van der Waals surface area contributed by atoms with Gasteiger partial charge in [-0.3, -0.25) is 4.79 Å². The van der Waals surface area contributed by atoms with Crippen molar-refractivity contribution in [3.63, 3.8) is 0 Å². The molecule has 2 rings (SSSR count). The lowest BCUT2D eigenvalue weighted by atomic mass is 10.1. The molecule has 0 aliphatic carbocycles. The normalized spacial score (nSPS) is 11.5. The van der Waals surface area contributed by atoms with Crippen molar-refractivity contribution >= 4 is 24.1 Å². The van der Waals surface area contributed by atoms with Crippen molar-refractivity contribution in [2.24, 2.45) is 5.73 Å². The minimum atomic E-state index is -0.567. The number of benzene rings is 1. The molecule has 1 aromatic heterocycles. The number of nitrogens with one attached hydrogen (secondary N) is 1. The van der Waals surface area contributed by atoms with E-state index in [1.165, 1.54) is 0 Å². The van der Waals surface area contributed by atoms with Gasteiger partial charge in [-0.1, -0.05) is 30.3 Å². The first-order valence-electron chi connectivity index (χ1n) is 6.33. The van der Waals surface area contributed by atoms with Crippen LogP contribution < -0.4 is 11.1 Å². The molecule has 1 amide bonds. The number of anilines is 1. The number of amides is 1. The molecular weight excluding hydrogens is 276 g/mol. The number of rotatable bonds is 5. The van der Waals surface area contributed by atoms with Gasteiger partial charge in [0.05, 0.1) is 12.2 Å². The number of carbonyl (C=O) groups is 1. The van der Waals surface area contributed by atoms with Crippen molar-refractivity contribution in [1.82, 2.24) is 9.78 Å². The molecule has 0 saturated carbocycles. The van der Waals surface area contributed by atoms with Crippen molar-refractivity contribution in [1.29, 1.82) is 0 Å². The molecule has 0 aliphatic rings. The Kier molecular flexibility index (Phi) is 6.21. The van der Waals surface area contributed by atoms with Gasteiger partial charge in [-0.2, -0.15) is 5.10 Å². The zero-order chi connectivity index (χ0) is 13.7. The predicted octanol–water partition coefficient (Wildman–Crippen LogP) is 1.83. The van der Waals surface area contributed by atoms with Gasteiger partial charge in [0.1, 0.15) is 5.82 Å². The largest absolute Gasteiger partial charge is 0.320 e. The summed E-state index contributed by atoms with van der Waals surface area (Å²) in [6, 6.07) is 10.9. The van der Waals surface area contributed by atoms with Crippen molar-refractivity contribution in [2.45, 2.75) is 25.9 Å². The van der Waals surface area contributed by atoms with Crippen molar-refractivity contribution in [3.8, 4) is 0 Å². The number of aromatic nitrogens is 2. The fourth-order valence-electron chi connectivity index (χ4n) is 1.87. The number of hydrogen-bond acceptors (Lipinski definition) is 3. The Morgan fingerprint density at radius 2 is 2.05 bits per heavy atom. The van der Waals surface area contributed by atoms with Crippen LogP contribution in [0.15, 0.2) is 42.6 Å². The van der Waals surface area contributed by atoms with Crippen LogP contribution in [0.25, 0.3) is 0 Å². The van der Waals surface area contributed by atoms with Crippen molar-refractivity contribution in [3.05, 3.63) is 48.2 Å². The van der Waals surface area contributed by atoms with Crippen molar-refractivity contribution in [2.75, 3.05) is 5.32 Å². The molecule has 6 heteroatoms. The van der Waals surface area contributed by atoms with Crippen LogP contribution in [0.4, 0.5) is 5.82 Å². The van der Waals surface area contributed by atoms with Crippen LogP contribution in [0.3, 0.4) is 0 Å². The van der Waals surface area contributed by atoms with E-state index in [9.17, 15) is 4.79 Å². The van der Waals surface area contributed by atoms with E-state index in [2.05, 4.69) is 10.4 Å². The average molecular weight is 295 g/mol. The highest BCUT2D eigenvalue weighted by Gasteiger charge is 2.15. The zero-order valence-corrected chi connectivity index (χ0v) is 12.1. The lowest BCUT2D eigenvalue weighted by molar-refractivity contribution is -0.117. The van der Waals surface area contributed by atoms with E-state index >= 15 is 0 Å². The van der Waals surface area contributed by atoms with Gasteiger partial charge in [0, 0.05) is 12.6 Å². The summed E-state index contributed by atoms with van der Waals surface area (Å²) in [5, 5.41) is 6.89. The molecule has 1 atom stereocenters. The van der Waals surface area contributed by atoms with Crippen LogP contribution in [0.5, 0.6) is 0 Å². The summed E-state index contributed by atoms with van der Waals surface area (Å²) in [6.45, 7) is 2.67. The first-order valence-corrected chi connectivity index (χ1v) is 6.33. The Morgan fingerprint density at radius 1 is 1.35 bits per heavy atom. The van der Waals surface area contributed by atoms with Gasteiger partial charge in [-0.25, -0.2) is 4.68 Å². The second-order valence-electron chi connectivity index (χ2n) is 4.32. The lowest BCUT2D eigenvalue weighted by Crippen LogP contribution is -2.37. The molecule has 1 heterocycles. The summed E-state index contributed by atoms with van der Waals surface area (Å²) >= 11 is 0. The summed E-state index contributed by atoms with van der Waals surface area (Å²) in [5.74, 6) is 0.482. The molecule has 1 aromatic carbocycles. The summed E-state index contributed by atoms with van der Waals surface area (Å²) in [6.07, 6.45) is 2.18. The van der Waals surface area contributed by atoms with Crippen LogP contribution >= 0.6 is 12.4 Å². The van der Waals surface area contributed by atoms with E-state index in [0.29, 0.717) is 18.8 Å². The molecule has 0 fully saturated rings. The van der Waals surface area contributed by atoms with Crippen LogP contribution in [-0.2, 0) is 17.8 Å². The lowest BCUT2D eigenvalue weighted by Gasteiger charge is -2.13. The van der Waals surface area contributed by atoms with E-state index in [4.69, 9.17) is 5.73 Å². The maximum Gasteiger partial charge on any atom is 0.242 e. The monoisotopic (exact) mass is 294 g/mol. The van der Waals surface area contributed by atoms with E-state index < -0.39 is 6.04 Å². The molecule has 0 spiro atoms. The molecule has 2 aromatic rings. The molecule has 0 aliphatic heterocycles. The number of nitrogens with zero attached hydrogens (tertiary/aromatic N) is 2. The number of carbonyl (C=O) groups excluding carboxylic acids is 1. The number of hydrogen-bond donors (Lipinski definition) is 2. The third-order valence-electron chi connectivity index (χ3n) is 2.90. The summed E-state index contributed by atoms with van der Waals surface area (Å²) in [7, 11) is 0. The standard InChI is InChI=1S/C14H18N4O.ClH/c1-2-18-13(8-9-16-18)17-14(19)12(15)10-11-6-4-3-5-7-11;/h3-9,12H,2,10,15H2,1H3,(H,17,19);1H. The van der Waals surface area contributed by atoms with Crippen LogP contribution in [0.1, 0.15) is 12.5 Å². The Morgan fingerprint density at radius 3 is 2.70 bits per heavy atom. The third-order valence-corrected chi connectivity index (χ3v) is 2.90. The number of nitrogens with two attached hydrogens (primary N) is 1. The highest BCUT2D eigenvalue weighted by Crippen LogP contribution is 2.08. The topological polar surface area (TPSA) is 72.9 Å². The van der Waals surface area contributed by atoms with E-state index in [1.54, 1.807) is 16.9 Å². The second-order valence-corrected chi connectivity index (χ2v) is 4.32. The van der Waals surface area contributed by atoms with Gasteiger partial charge in [-0.15, -0.1) is 12.4 Å². The Balaban J connectivity index is 0.00000200. The Hall–Kier alpha value is -1.85. The van der Waals surface area contributed by atoms with E-state index in [-0.39, 0.29) is 18.3 Å². The first-order chi connectivity index (χ1) is 9.20. The zero-order valence-electron chi connectivity index (χ0n) is 11.3. The quantitative estimate of drug-likeness (QED) is 0.883. The minimum Gasteiger partial charge on any atom is -0.320 e. The molecule has 0 radical (unpaired) electrons. The van der Waals surface area contributed by atoms with Crippen LogP contribution in [0.2, 0.25) is 0 Å². The summed E-state index contributed by atoms with van der Waals surface area (Å²) < 4.78 is 1.72. The summed E-state index contributed by atoms with van der Waals surface area (Å²) in [5.41, 5.74) is 6.97. The minimum absolute atomic E-state index is 0. The smallest absolute Gasteiger partial charge is 0.242 e. The maximum atomic E-state index is 12.0. The fourth-order valence-corrected chi connectivity index (χ4v) is 1.87. The average Bonchev–Trinajstić information content (AvgIpc) is 2.87. The predicted molar refractivity (Wildman–Crippen MR) is 81.9 cm³/mol. The molecule has 108 valence electrons. The molecule has 1 unspecified atom stereocenters. The molecule has 20 heavy (non-hydrogen) atoms. The Labute approximate surface area is 124 Å². The molecular formula is C14H19ClN4O. The SMILES string of the molecule is CCn1nccc1NC(=O)C(N)Cc1ccccc1.Cl. The van der Waals surface area contributed by atoms with Gasteiger partial charge in [-0.05, 0) is 18.9 Å². The van der Waals surface area contributed by atoms with Gasteiger partial charge >= 0.3 is 0 Å². The van der Waals surface area contributed by atoms with Crippen LogP contribution in [0, 0.1) is 0 Å². The van der Waals surface area contributed by atoms with E-state index in [1.807, 2.05) is 37.3 Å². The summed E-state index contributed by atoms with van der Waals surface area (Å²) in [4.78, 5) is 12.0. The van der Waals surface area contributed by atoms with Crippen molar-refractivity contribution < 1.29 is 4.79 Å². The van der Waals surface area contributed by atoms with Crippen LogP contribution in [-0.4, -0.2) is 21.7 Å². The second kappa shape index (κ2) is 7.67. The molecule has 3 N–H and O–H groups in total. The molecule has 5 nitrogen and oxygen atoms in total.